The third-order valence-corrected chi connectivity index (χ3v) is 19.6. The molecule has 34 heavy (non-hydrogen) atoms. The molecule has 0 aromatic heterocycles. The number of isocyanates is 1. The van der Waals surface area contributed by atoms with E-state index in [0.717, 1.165) is 17.9 Å². The summed E-state index contributed by atoms with van der Waals surface area (Å²) in [6.45, 7) is 28.0. The monoisotopic (exact) mass is 535 g/mol. The van der Waals surface area contributed by atoms with Crippen LogP contribution in [0.5, 0.6) is 0 Å². The fourth-order valence-corrected chi connectivity index (χ4v) is 14.7. The van der Waals surface area contributed by atoms with Crippen molar-refractivity contribution in [2.24, 2.45) is 10.9 Å². The molecule has 2 atom stereocenters. The molecule has 0 heterocycles. The van der Waals surface area contributed by atoms with Gasteiger partial charge in [-0.25, -0.2) is 9.79 Å². The Morgan fingerprint density at radius 3 is 1.76 bits per heavy atom. The van der Waals surface area contributed by atoms with Crippen LogP contribution in [-0.2, 0) is 4.79 Å². The number of carbonyl (C=O) groups excluding carboxylic acids is 1. The fraction of sp³-hybridized carbons (Fsp3) is 0.750. The molecule has 6 heteroatoms. The van der Waals surface area contributed by atoms with Gasteiger partial charge in [-0.1, -0.05) is 107 Å². The normalized spacial score (nSPS) is 14.5. The molecule has 0 aromatic carbocycles. The van der Waals surface area contributed by atoms with Crippen LogP contribution in [0.2, 0.25) is 87.1 Å². The van der Waals surface area contributed by atoms with Gasteiger partial charge in [0.1, 0.15) is 0 Å². The zero-order chi connectivity index (χ0) is 26.1. The highest BCUT2D eigenvalue weighted by Gasteiger charge is 2.29. The highest BCUT2D eigenvalue weighted by atomic mass is 28.3. The number of allylic oxidation sites excluding steroid dienone is 3. The molecule has 196 valence electrons. The summed E-state index contributed by atoms with van der Waals surface area (Å²) in [5, 5.41) is 0. The van der Waals surface area contributed by atoms with E-state index in [1.165, 1.54) is 68.0 Å². The molecule has 0 saturated heterocycles. The van der Waals surface area contributed by atoms with Crippen molar-refractivity contribution in [2.75, 3.05) is 6.54 Å². The van der Waals surface area contributed by atoms with Crippen molar-refractivity contribution in [1.29, 1.82) is 0 Å². The first-order valence-corrected chi connectivity index (χ1v) is 25.8. The molecule has 2 unspecified atom stereocenters. The van der Waals surface area contributed by atoms with E-state index in [1.54, 1.807) is 6.08 Å². The Balaban J connectivity index is 5.47. The van der Waals surface area contributed by atoms with Crippen LogP contribution >= 0.6 is 0 Å². The number of hydrogen-bond acceptors (Lipinski definition) is 2. The Morgan fingerprint density at radius 2 is 1.26 bits per heavy atom. The van der Waals surface area contributed by atoms with E-state index in [-0.39, 0.29) is 9.52 Å². The van der Waals surface area contributed by atoms with Crippen LogP contribution in [0.3, 0.4) is 0 Å². The maximum Gasteiger partial charge on any atom is 0.234 e. The van der Waals surface area contributed by atoms with Gasteiger partial charge in [0.15, 0.2) is 0 Å². The number of aliphatic imine (C=N–C) groups is 1. The summed E-state index contributed by atoms with van der Waals surface area (Å²) in [4.78, 5) is 14.3. The van der Waals surface area contributed by atoms with Gasteiger partial charge in [0.2, 0.25) is 6.08 Å². The van der Waals surface area contributed by atoms with Gasteiger partial charge < -0.3 is 0 Å². The Bertz CT molecular complexity index is 638. The van der Waals surface area contributed by atoms with E-state index in [1.807, 2.05) is 0 Å². The Kier molecular flexibility index (Phi) is 17.5. The van der Waals surface area contributed by atoms with Gasteiger partial charge in [-0.3, -0.25) is 0 Å². The standard InChI is InChI=1S/C28H57NOSi4/c1-10-20-32(4,5)23-13-15-27(16-24-33(6,7)21-11-2)28(31-19-14-18-29-26-30)17-25-34(8,9)22-12-3/h10-12,27-28H,1-3,13-25,31H2,4-9H3. The van der Waals surface area contributed by atoms with Gasteiger partial charge in [0.05, 0.1) is 30.8 Å². The van der Waals surface area contributed by atoms with Crippen LogP contribution in [0.25, 0.3) is 0 Å². The van der Waals surface area contributed by atoms with Crippen LogP contribution in [0.15, 0.2) is 43.0 Å². The van der Waals surface area contributed by atoms with E-state index in [2.05, 4.69) is 82.2 Å². The maximum absolute atomic E-state index is 10.5. The molecule has 0 aliphatic carbocycles. The molecule has 0 N–H and O–H groups in total. The van der Waals surface area contributed by atoms with E-state index >= 15 is 0 Å². The van der Waals surface area contributed by atoms with Gasteiger partial charge in [-0.15, -0.1) is 19.7 Å². The lowest BCUT2D eigenvalue weighted by molar-refractivity contribution is 0.420. The molecule has 0 aromatic rings. The molecular weight excluding hydrogens is 479 g/mol. The molecule has 2 nitrogen and oxygen atoms in total. The van der Waals surface area contributed by atoms with Crippen molar-refractivity contribution in [2.45, 2.75) is 119 Å². The van der Waals surface area contributed by atoms with Crippen LogP contribution in [0, 0.1) is 5.92 Å². The average molecular weight is 536 g/mol. The molecule has 0 fully saturated rings. The van der Waals surface area contributed by atoms with E-state index in [4.69, 9.17) is 0 Å². The quantitative estimate of drug-likeness (QED) is 0.0447. The average Bonchev–Trinajstić information content (AvgIpc) is 2.72. The summed E-state index contributed by atoms with van der Waals surface area (Å²) >= 11 is 0. The van der Waals surface area contributed by atoms with Crippen molar-refractivity contribution in [1.82, 2.24) is 0 Å². The lowest BCUT2D eigenvalue weighted by Gasteiger charge is -2.33. The zero-order valence-corrected chi connectivity index (χ0v) is 28.2. The number of nitrogens with zero attached hydrogens (tertiary/aromatic N) is 1. The summed E-state index contributed by atoms with van der Waals surface area (Å²) in [5.41, 5.74) is 0.939. The largest absolute Gasteiger partial charge is 0.234 e. The van der Waals surface area contributed by atoms with Gasteiger partial charge >= 0.3 is 0 Å². The molecular formula is C28H57NOSi4. The minimum absolute atomic E-state index is 0.183. The van der Waals surface area contributed by atoms with Crippen molar-refractivity contribution >= 4 is 39.8 Å². The van der Waals surface area contributed by atoms with Crippen molar-refractivity contribution in [3.05, 3.63) is 38.0 Å². The van der Waals surface area contributed by atoms with E-state index < -0.39 is 24.2 Å². The van der Waals surface area contributed by atoms with Gasteiger partial charge in [-0.2, -0.15) is 0 Å². The summed E-state index contributed by atoms with van der Waals surface area (Å²) in [6.07, 6.45) is 14.9. The highest BCUT2D eigenvalue weighted by molar-refractivity contribution is 6.78. The van der Waals surface area contributed by atoms with Crippen LogP contribution in [0.4, 0.5) is 0 Å². The van der Waals surface area contributed by atoms with E-state index in [9.17, 15) is 4.79 Å². The minimum atomic E-state index is -1.19. The first kappa shape index (κ1) is 33.5. The second-order valence-electron chi connectivity index (χ2n) is 12.9. The molecule has 0 aliphatic heterocycles. The second-order valence-corrected chi connectivity index (χ2v) is 31.0. The second kappa shape index (κ2) is 17.8. The number of rotatable bonds is 22. The first-order chi connectivity index (χ1) is 15.9. The maximum atomic E-state index is 10.5. The summed E-state index contributed by atoms with van der Waals surface area (Å²) in [5.74, 6) is 0.889. The fourth-order valence-electron chi connectivity index (χ4n) is 5.35. The van der Waals surface area contributed by atoms with Crippen molar-refractivity contribution in [3.8, 4) is 0 Å². The topological polar surface area (TPSA) is 29.4 Å². The van der Waals surface area contributed by atoms with Crippen LogP contribution in [0.1, 0.15) is 32.1 Å². The highest BCUT2D eigenvalue weighted by Crippen LogP contribution is 2.38. The molecule has 0 saturated carbocycles. The van der Waals surface area contributed by atoms with Gasteiger partial charge in [-0.05, 0) is 36.0 Å². The van der Waals surface area contributed by atoms with Crippen LogP contribution in [-0.4, -0.2) is 46.4 Å². The molecule has 0 amide bonds. The summed E-state index contributed by atoms with van der Waals surface area (Å²) in [6, 6.07) is 9.34. The Hall–Kier alpha value is -0.532. The van der Waals surface area contributed by atoms with Crippen molar-refractivity contribution in [3.63, 3.8) is 0 Å². The van der Waals surface area contributed by atoms with Gasteiger partial charge in [0.25, 0.3) is 0 Å². The predicted molar refractivity (Wildman–Crippen MR) is 169 cm³/mol. The number of hydrogen-bond donors (Lipinski definition) is 0. The minimum Gasteiger partial charge on any atom is -0.211 e. The molecule has 0 spiro atoms. The Labute approximate surface area is 218 Å². The lowest BCUT2D eigenvalue weighted by Crippen LogP contribution is -2.29. The molecule has 0 bridgehead atoms. The SMILES string of the molecule is C=CC[Si](C)(C)CCCC(CC[Si](C)(C)CC=C)C(CC[Si](C)(C)CC=C)[SiH2]CCCN=C=O. The zero-order valence-electron chi connectivity index (χ0n) is 23.8. The summed E-state index contributed by atoms with van der Waals surface area (Å²) in [7, 11) is -3.71. The molecule has 0 radical (unpaired) electrons. The van der Waals surface area contributed by atoms with Gasteiger partial charge in [0, 0.05) is 9.52 Å². The van der Waals surface area contributed by atoms with Crippen LogP contribution < -0.4 is 0 Å². The Morgan fingerprint density at radius 1 is 0.765 bits per heavy atom. The first-order valence-electron chi connectivity index (χ1n) is 13.8. The molecule has 0 aliphatic rings. The lowest BCUT2D eigenvalue weighted by atomic mass is 9.95. The third-order valence-electron chi connectivity index (χ3n) is 7.73. The predicted octanol–water partition coefficient (Wildman–Crippen LogP) is 8.95. The van der Waals surface area contributed by atoms with Crippen molar-refractivity contribution < 1.29 is 4.79 Å². The summed E-state index contributed by atoms with van der Waals surface area (Å²) < 4.78 is 0. The molecule has 0 rings (SSSR count). The van der Waals surface area contributed by atoms with E-state index in [0.29, 0.717) is 6.54 Å². The third kappa shape index (κ3) is 17.0. The smallest absolute Gasteiger partial charge is 0.211 e.